The number of carbonyl (C=O) groups excluding carboxylic acids is 2. The smallest absolute Gasteiger partial charge is 0.243 e. The molecule has 0 aliphatic heterocycles. The summed E-state index contributed by atoms with van der Waals surface area (Å²) in [6, 6.07) is 9.98. The standard InChI is InChI=1S/C24H28Cl4N2O2S/c1-4-15(3)29-24(32)22(5-2)30(12-17-18(25)7-6-8-19(17)26)23(31)14-33-13-16-9-10-20(27)21(28)11-16/h6-11,15,22H,4-5,12-14H2,1-3H3,(H,29,32)/t15-,22+/m0/s1. The zero-order valence-electron chi connectivity index (χ0n) is 18.8. The highest BCUT2D eigenvalue weighted by molar-refractivity contribution is 7.99. The minimum Gasteiger partial charge on any atom is -0.352 e. The molecule has 0 bridgehead atoms. The van der Waals surface area contributed by atoms with E-state index in [9.17, 15) is 9.59 Å². The van der Waals surface area contributed by atoms with Crippen molar-refractivity contribution in [1.29, 1.82) is 0 Å². The van der Waals surface area contributed by atoms with Gasteiger partial charge in [0.1, 0.15) is 6.04 Å². The summed E-state index contributed by atoms with van der Waals surface area (Å²) < 4.78 is 0. The fraction of sp³-hybridized carbons (Fsp3) is 0.417. The maximum Gasteiger partial charge on any atom is 0.243 e. The first kappa shape index (κ1) is 28.1. The minimum atomic E-state index is -0.635. The number of hydrogen-bond donors (Lipinski definition) is 1. The third kappa shape index (κ3) is 8.25. The van der Waals surface area contributed by atoms with Gasteiger partial charge in [-0.1, -0.05) is 72.4 Å². The number of rotatable bonds is 11. The van der Waals surface area contributed by atoms with Crippen LogP contribution in [0.4, 0.5) is 0 Å². The highest BCUT2D eigenvalue weighted by Crippen LogP contribution is 2.28. The van der Waals surface area contributed by atoms with E-state index >= 15 is 0 Å². The van der Waals surface area contributed by atoms with Crippen molar-refractivity contribution in [3.8, 4) is 0 Å². The minimum absolute atomic E-state index is 0.0106. The van der Waals surface area contributed by atoms with Gasteiger partial charge >= 0.3 is 0 Å². The highest BCUT2D eigenvalue weighted by Gasteiger charge is 2.30. The molecule has 4 nitrogen and oxygen atoms in total. The lowest BCUT2D eigenvalue weighted by molar-refractivity contribution is -0.139. The number of nitrogens with zero attached hydrogens (tertiary/aromatic N) is 1. The Morgan fingerprint density at radius 3 is 2.21 bits per heavy atom. The van der Waals surface area contributed by atoms with Crippen LogP contribution < -0.4 is 5.32 Å². The van der Waals surface area contributed by atoms with Gasteiger partial charge in [-0.3, -0.25) is 9.59 Å². The molecule has 0 saturated carbocycles. The first-order chi connectivity index (χ1) is 15.7. The molecule has 0 heterocycles. The summed E-state index contributed by atoms with van der Waals surface area (Å²) in [5.41, 5.74) is 1.59. The molecule has 180 valence electrons. The molecule has 0 aromatic heterocycles. The van der Waals surface area contributed by atoms with Crippen LogP contribution in [0.2, 0.25) is 20.1 Å². The Kier molecular flexibility index (Phi) is 11.7. The van der Waals surface area contributed by atoms with Crippen molar-refractivity contribution >= 4 is 70.0 Å². The number of halogens is 4. The van der Waals surface area contributed by atoms with Crippen LogP contribution in [-0.2, 0) is 21.9 Å². The van der Waals surface area contributed by atoms with E-state index in [1.165, 1.54) is 11.8 Å². The molecular weight excluding hydrogens is 522 g/mol. The molecule has 33 heavy (non-hydrogen) atoms. The van der Waals surface area contributed by atoms with Gasteiger partial charge in [0, 0.05) is 33.9 Å². The summed E-state index contributed by atoms with van der Waals surface area (Å²) in [4.78, 5) is 27.9. The molecule has 1 N–H and O–H groups in total. The fourth-order valence-corrected chi connectivity index (χ4v) is 4.88. The van der Waals surface area contributed by atoms with Crippen LogP contribution in [0.15, 0.2) is 36.4 Å². The molecule has 0 spiro atoms. The molecule has 9 heteroatoms. The number of hydrogen-bond acceptors (Lipinski definition) is 3. The number of thioether (sulfide) groups is 1. The Bertz CT molecular complexity index is 953. The van der Waals surface area contributed by atoms with E-state index in [4.69, 9.17) is 46.4 Å². The van der Waals surface area contributed by atoms with Gasteiger partial charge in [0.15, 0.2) is 0 Å². The molecule has 0 aliphatic carbocycles. The lowest BCUT2D eigenvalue weighted by Gasteiger charge is -2.32. The molecule has 0 unspecified atom stereocenters. The predicted molar refractivity (Wildman–Crippen MR) is 142 cm³/mol. The largest absolute Gasteiger partial charge is 0.352 e. The molecule has 0 aliphatic rings. The first-order valence-corrected chi connectivity index (χ1v) is 13.4. The Balaban J connectivity index is 2.21. The summed E-state index contributed by atoms with van der Waals surface area (Å²) in [6.07, 6.45) is 1.26. The Morgan fingerprint density at radius 2 is 1.64 bits per heavy atom. The third-order valence-corrected chi connectivity index (χ3v) is 7.69. The fourth-order valence-electron chi connectivity index (χ4n) is 3.18. The number of amides is 2. The highest BCUT2D eigenvalue weighted by atomic mass is 35.5. The van der Waals surface area contributed by atoms with Crippen LogP contribution in [0.1, 0.15) is 44.7 Å². The first-order valence-electron chi connectivity index (χ1n) is 10.7. The van der Waals surface area contributed by atoms with Gasteiger partial charge in [-0.2, -0.15) is 0 Å². The molecule has 0 saturated heterocycles. The van der Waals surface area contributed by atoms with Crippen molar-refractivity contribution < 1.29 is 9.59 Å². The summed E-state index contributed by atoms with van der Waals surface area (Å²) in [7, 11) is 0. The average molecular weight is 550 g/mol. The molecule has 0 radical (unpaired) electrons. The van der Waals surface area contributed by atoms with Gasteiger partial charge in [-0.15, -0.1) is 11.8 Å². The lowest BCUT2D eigenvalue weighted by Crippen LogP contribution is -2.51. The normalized spacial score (nSPS) is 12.8. The van der Waals surface area contributed by atoms with Gasteiger partial charge in [0.2, 0.25) is 11.8 Å². The SMILES string of the molecule is CC[C@H](C(=O)N[C@@H](C)CC)N(Cc1c(Cl)cccc1Cl)C(=O)CSCc1ccc(Cl)c(Cl)c1. The van der Waals surface area contributed by atoms with Crippen LogP contribution >= 0.6 is 58.2 Å². The number of benzene rings is 2. The van der Waals surface area contributed by atoms with Gasteiger partial charge < -0.3 is 10.2 Å². The van der Waals surface area contributed by atoms with Gasteiger partial charge in [0.25, 0.3) is 0 Å². The second-order valence-corrected chi connectivity index (χ2v) is 10.3. The second kappa shape index (κ2) is 13.7. The van der Waals surface area contributed by atoms with Crippen LogP contribution in [0.3, 0.4) is 0 Å². The van der Waals surface area contributed by atoms with Crippen LogP contribution in [-0.4, -0.2) is 34.6 Å². The van der Waals surface area contributed by atoms with Crippen molar-refractivity contribution in [3.63, 3.8) is 0 Å². The zero-order chi connectivity index (χ0) is 24.5. The molecule has 2 amide bonds. The van der Waals surface area contributed by atoms with Crippen LogP contribution in [0.5, 0.6) is 0 Å². The van der Waals surface area contributed by atoms with Gasteiger partial charge in [0.05, 0.1) is 15.8 Å². The maximum absolute atomic E-state index is 13.3. The monoisotopic (exact) mass is 548 g/mol. The Labute approximate surface area is 220 Å². The van der Waals surface area contributed by atoms with Crippen molar-refractivity contribution in [2.24, 2.45) is 0 Å². The summed E-state index contributed by atoms with van der Waals surface area (Å²) in [5.74, 6) is 0.425. The Morgan fingerprint density at radius 1 is 0.970 bits per heavy atom. The Hall–Kier alpha value is -1.11. The summed E-state index contributed by atoms with van der Waals surface area (Å²) >= 11 is 26.3. The predicted octanol–water partition coefficient (Wildman–Crippen LogP) is 7.26. The van der Waals surface area contributed by atoms with Crippen molar-refractivity contribution in [3.05, 3.63) is 67.6 Å². The van der Waals surface area contributed by atoms with E-state index in [1.54, 1.807) is 35.2 Å². The van der Waals surface area contributed by atoms with Crippen molar-refractivity contribution in [2.45, 2.75) is 58.0 Å². The van der Waals surface area contributed by atoms with Crippen molar-refractivity contribution in [1.82, 2.24) is 10.2 Å². The topological polar surface area (TPSA) is 49.4 Å². The zero-order valence-corrected chi connectivity index (χ0v) is 22.7. The molecule has 2 rings (SSSR count). The van der Waals surface area contributed by atoms with Gasteiger partial charge in [-0.25, -0.2) is 0 Å². The summed E-state index contributed by atoms with van der Waals surface area (Å²) in [6.45, 7) is 5.97. The van der Waals surface area contributed by atoms with E-state index < -0.39 is 6.04 Å². The molecular formula is C24H28Cl4N2O2S. The van der Waals surface area contributed by atoms with E-state index in [1.807, 2.05) is 26.8 Å². The number of carbonyl (C=O) groups is 2. The van der Waals surface area contributed by atoms with Crippen molar-refractivity contribution in [2.75, 3.05) is 5.75 Å². The van der Waals surface area contributed by atoms with Gasteiger partial charge in [-0.05, 0) is 49.6 Å². The van der Waals surface area contributed by atoms with E-state index in [-0.39, 0.29) is 30.2 Å². The maximum atomic E-state index is 13.3. The third-order valence-electron chi connectivity index (χ3n) is 5.26. The number of nitrogens with one attached hydrogen (secondary N) is 1. The van der Waals surface area contributed by atoms with E-state index in [0.29, 0.717) is 37.8 Å². The molecule has 2 aromatic carbocycles. The molecule has 2 atom stereocenters. The summed E-state index contributed by atoms with van der Waals surface area (Å²) in [5, 5.41) is 4.87. The van der Waals surface area contributed by atoms with Crippen LogP contribution in [0, 0.1) is 0 Å². The second-order valence-electron chi connectivity index (χ2n) is 7.71. The van der Waals surface area contributed by atoms with Crippen LogP contribution in [0.25, 0.3) is 0 Å². The van der Waals surface area contributed by atoms with E-state index in [0.717, 1.165) is 12.0 Å². The average Bonchev–Trinajstić information content (AvgIpc) is 2.77. The molecule has 2 aromatic rings. The quantitative estimate of drug-likeness (QED) is 0.321. The lowest BCUT2D eigenvalue weighted by atomic mass is 10.1. The van der Waals surface area contributed by atoms with E-state index in [2.05, 4.69) is 5.32 Å². The molecule has 0 fully saturated rings.